The van der Waals surface area contributed by atoms with Crippen LogP contribution in [0.15, 0.2) is 54.6 Å². The zero-order valence-corrected chi connectivity index (χ0v) is 15.6. The highest BCUT2D eigenvalue weighted by Crippen LogP contribution is 2.40. The summed E-state index contributed by atoms with van der Waals surface area (Å²) in [4.78, 5) is 25.3. The molecule has 4 heteroatoms. The maximum absolute atomic E-state index is 12.8. The fourth-order valence-electron chi connectivity index (χ4n) is 3.45. The van der Waals surface area contributed by atoms with Crippen LogP contribution >= 0.6 is 11.6 Å². The number of hydrogen-bond acceptors (Lipinski definition) is 3. The average molecular weight is 369 g/mol. The van der Waals surface area contributed by atoms with Crippen LogP contribution in [0.5, 0.6) is 0 Å². The molecule has 0 radical (unpaired) electrons. The van der Waals surface area contributed by atoms with Gasteiger partial charge in [0.15, 0.2) is 5.78 Å². The van der Waals surface area contributed by atoms with Gasteiger partial charge in [-0.25, -0.2) is 0 Å². The summed E-state index contributed by atoms with van der Waals surface area (Å²) >= 11 is 6.00. The minimum absolute atomic E-state index is 0.203. The maximum Gasteiger partial charge on any atom is 0.317 e. The molecule has 2 aromatic carbocycles. The van der Waals surface area contributed by atoms with E-state index in [4.69, 9.17) is 16.3 Å². The predicted molar refractivity (Wildman–Crippen MR) is 103 cm³/mol. The Morgan fingerprint density at radius 3 is 2.58 bits per heavy atom. The third-order valence-electron chi connectivity index (χ3n) is 4.69. The Morgan fingerprint density at radius 2 is 1.92 bits per heavy atom. The molecule has 0 unspecified atom stereocenters. The largest absolute Gasteiger partial charge is 0.465 e. The van der Waals surface area contributed by atoms with Gasteiger partial charge in [-0.1, -0.05) is 53.6 Å². The zero-order valence-electron chi connectivity index (χ0n) is 14.9. The molecule has 0 aromatic heterocycles. The zero-order chi connectivity index (χ0) is 18.7. The Kier molecular flexibility index (Phi) is 5.58. The quantitative estimate of drug-likeness (QED) is 0.565. The highest BCUT2D eigenvalue weighted by Gasteiger charge is 2.39. The lowest BCUT2D eigenvalue weighted by Crippen LogP contribution is -2.34. The lowest BCUT2D eigenvalue weighted by atomic mass is 9.73. The number of ketones is 1. The Bertz CT molecular complexity index is 852. The first kappa shape index (κ1) is 18.4. The first-order chi connectivity index (χ1) is 12.5. The van der Waals surface area contributed by atoms with E-state index in [1.165, 1.54) is 0 Å². The Hall–Kier alpha value is -2.39. The van der Waals surface area contributed by atoms with Crippen LogP contribution in [0.3, 0.4) is 0 Å². The summed E-state index contributed by atoms with van der Waals surface area (Å²) in [6.45, 7) is 4.02. The van der Waals surface area contributed by atoms with Crippen LogP contribution in [0.4, 0.5) is 0 Å². The molecule has 0 spiro atoms. The molecule has 0 heterocycles. The molecule has 2 atom stereocenters. The molecule has 1 aliphatic rings. The number of benzene rings is 2. The molecule has 0 amide bonds. The highest BCUT2D eigenvalue weighted by atomic mass is 35.5. The van der Waals surface area contributed by atoms with Gasteiger partial charge in [0.25, 0.3) is 0 Å². The van der Waals surface area contributed by atoms with Crippen molar-refractivity contribution in [1.82, 2.24) is 0 Å². The van der Waals surface area contributed by atoms with Gasteiger partial charge in [0.05, 0.1) is 6.61 Å². The molecule has 26 heavy (non-hydrogen) atoms. The number of hydrogen-bond donors (Lipinski definition) is 0. The standard InChI is InChI=1S/C22H21ClO3/c1-3-26-22(25)21-19(15-7-9-18(23)10-8-15)12-17(13-20(21)24)16-6-4-5-14(2)11-16/h4-11,13,19,21H,3,12H2,1-2H3/t19-,21+/m0/s1. The number of halogens is 1. The SMILES string of the molecule is CCOC(=O)[C@H]1C(=O)C=C(c2cccc(C)c2)C[C@H]1c1ccc(Cl)cc1. The van der Waals surface area contributed by atoms with E-state index >= 15 is 0 Å². The summed E-state index contributed by atoms with van der Waals surface area (Å²) in [5.74, 6) is -1.74. The monoisotopic (exact) mass is 368 g/mol. The summed E-state index contributed by atoms with van der Waals surface area (Å²) in [6.07, 6.45) is 2.20. The van der Waals surface area contributed by atoms with Crippen molar-refractivity contribution < 1.29 is 14.3 Å². The Balaban J connectivity index is 2.02. The van der Waals surface area contributed by atoms with Gasteiger partial charge in [-0.3, -0.25) is 9.59 Å². The molecule has 3 nitrogen and oxygen atoms in total. The number of carbonyl (C=O) groups is 2. The Labute approximate surface area is 158 Å². The fraction of sp³-hybridized carbons (Fsp3) is 0.273. The summed E-state index contributed by atoms with van der Waals surface area (Å²) in [6, 6.07) is 15.4. The molecule has 0 bridgehead atoms. The van der Waals surface area contributed by atoms with E-state index in [1.807, 2.05) is 37.3 Å². The number of rotatable bonds is 4. The van der Waals surface area contributed by atoms with E-state index < -0.39 is 11.9 Å². The van der Waals surface area contributed by atoms with Crippen molar-refractivity contribution in [2.45, 2.75) is 26.2 Å². The van der Waals surface area contributed by atoms with Gasteiger partial charge in [-0.2, -0.15) is 0 Å². The second kappa shape index (κ2) is 7.88. The van der Waals surface area contributed by atoms with Crippen LogP contribution in [0.2, 0.25) is 5.02 Å². The van der Waals surface area contributed by atoms with Crippen molar-refractivity contribution in [1.29, 1.82) is 0 Å². The number of aryl methyl sites for hydroxylation is 1. The second-order valence-corrected chi connectivity index (χ2v) is 6.97. The third kappa shape index (κ3) is 3.88. The van der Waals surface area contributed by atoms with Gasteiger partial charge in [-0.15, -0.1) is 0 Å². The molecule has 134 valence electrons. The van der Waals surface area contributed by atoms with Crippen LogP contribution in [0.1, 0.15) is 36.0 Å². The fourth-order valence-corrected chi connectivity index (χ4v) is 3.58. The van der Waals surface area contributed by atoms with Crippen molar-refractivity contribution in [2.75, 3.05) is 6.61 Å². The van der Waals surface area contributed by atoms with Crippen molar-refractivity contribution in [3.8, 4) is 0 Å². The normalized spacial score (nSPS) is 19.8. The van der Waals surface area contributed by atoms with Crippen LogP contribution in [0, 0.1) is 12.8 Å². The molecule has 3 rings (SSSR count). The first-order valence-electron chi connectivity index (χ1n) is 8.73. The molecule has 0 N–H and O–H groups in total. The number of allylic oxidation sites excluding steroid dienone is 2. The summed E-state index contributed by atoms with van der Waals surface area (Å²) in [5, 5.41) is 0.623. The van der Waals surface area contributed by atoms with Crippen molar-refractivity contribution in [3.05, 3.63) is 76.3 Å². The van der Waals surface area contributed by atoms with Gasteiger partial charge < -0.3 is 4.74 Å². The van der Waals surface area contributed by atoms with Gasteiger partial charge in [-0.05, 0) is 55.2 Å². The average Bonchev–Trinajstić information content (AvgIpc) is 2.62. The lowest BCUT2D eigenvalue weighted by Gasteiger charge is -2.29. The minimum Gasteiger partial charge on any atom is -0.465 e. The van der Waals surface area contributed by atoms with E-state index in [1.54, 1.807) is 25.1 Å². The second-order valence-electron chi connectivity index (χ2n) is 6.53. The minimum atomic E-state index is -0.815. The molecule has 0 fully saturated rings. The number of ether oxygens (including phenoxy) is 1. The third-order valence-corrected chi connectivity index (χ3v) is 4.94. The molecular formula is C22H21ClO3. The predicted octanol–water partition coefficient (Wildman–Crippen LogP) is 4.97. The topological polar surface area (TPSA) is 43.4 Å². The van der Waals surface area contributed by atoms with Crippen LogP contribution < -0.4 is 0 Å². The van der Waals surface area contributed by atoms with Gasteiger partial charge in [0.2, 0.25) is 0 Å². The first-order valence-corrected chi connectivity index (χ1v) is 9.11. The molecule has 1 aliphatic carbocycles. The lowest BCUT2D eigenvalue weighted by molar-refractivity contribution is -0.151. The summed E-state index contributed by atoms with van der Waals surface area (Å²) in [5.41, 5.74) is 4.00. The van der Waals surface area contributed by atoms with E-state index in [0.29, 0.717) is 11.4 Å². The van der Waals surface area contributed by atoms with Gasteiger partial charge in [0, 0.05) is 10.9 Å². The van der Waals surface area contributed by atoms with Gasteiger partial charge in [0.1, 0.15) is 5.92 Å². The van der Waals surface area contributed by atoms with Crippen molar-refractivity contribution in [3.63, 3.8) is 0 Å². The Morgan fingerprint density at radius 1 is 1.19 bits per heavy atom. The van der Waals surface area contributed by atoms with Crippen LogP contribution in [-0.2, 0) is 14.3 Å². The van der Waals surface area contributed by atoms with E-state index in [-0.39, 0.29) is 18.3 Å². The van der Waals surface area contributed by atoms with Crippen LogP contribution in [-0.4, -0.2) is 18.4 Å². The number of carbonyl (C=O) groups excluding carboxylic acids is 2. The molecule has 2 aromatic rings. The highest BCUT2D eigenvalue weighted by molar-refractivity contribution is 6.30. The number of esters is 1. The summed E-state index contributed by atoms with van der Waals surface area (Å²) < 4.78 is 5.17. The van der Waals surface area contributed by atoms with Crippen molar-refractivity contribution in [2.24, 2.45) is 5.92 Å². The molecule has 0 aliphatic heterocycles. The van der Waals surface area contributed by atoms with E-state index in [2.05, 4.69) is 6.07 Å². The maximum atomic E-state index is 12.8. The van der Waals surface area contributed by atoms with E-state index in [9.17, 15) is 9.59 Å². The molecule has 0 saturated carbocycles. The molecular weight excluding hydrogens is 348 g/mol. The van der Waals surface area contributed by atoms with Crippen molar-refractivity contribution >= 4 is 28.9 Å². The van der Waals surface area contributed by atoms with E-state index in [0.717, 1.165) is 22.3 Å². The molecule has 0 saturated heterocycles. The summed E-state index contributed by atoms with van der Waals surface area (Å²) in [7, 11) is 0. The van der Waals surface area contributed by atoms with Crippen LogP contribution in [0.25, 0.3) is 5.57 Å². The smallest absolute Gasteiger partial charge is 0.317 e. The van der Waals surface area contributed by atoms with Gasteiger partial charge >= 0.3 is 5.97 Å².